The first kappa shape index (κ1) is 20.7. The summed E-state index contributed by atoms with van der Waals surface area (Å²) in [5.74, 6) is -2.03. The van der Waals surface area contributed by atoms with Crippen molar-refractivity contribution in [1.29, 1.82) is 0 Å². The number of halogens is 2. The SMILES string of the molecule is CC(C)NS(=O)(=O)c1ccc(N[C@H](C)c2ccc(F)c(F)c2)c([N+](=O)[O-])c1. The molecule has 2 aromatic carbocycles. The van der Waals surface area contributed by atoms with Gasteiger partial charge in [0.05, 0.1) is 9.82 Å². The van der Waals surface area contributed by atoms with Crippen molar-refractivity contribution < 1.29 is 22.1 Å². The number of nitro groups is 1. The van der Waals surface area contributed by atoms with Crippen LogP contribution in [-0.2, 0) is 10.0 Å². The van der Waals surface area contributed by atoms with Crippen molar-refractivity contribution in [2.75, 3.05) is 5.32 Å². The Morgan fingerprint density at radius 3 is 2.26 bits per heavy atom. The molecular formula is C17H19F2N3O4S. The molecule has 7 nitrogen and oxygen atoms in total. The summed E-state index contributed by atoms with van der Waals surface area (Å²) in [4.78, 5) is 10.4. The zero-order valence-corrected chi connectivity index (χ0v) is 15.7. The van der Waals surface area contributed by atoms with Crippen molar-refractivity contribution in [2.24, 2.45) is 0 Å². The third-order valence-corrected chi connectivity index (χ3v) is 5.34. The number of hydrogen-bond donors (Lipinski definition) is 2. The lowest BCUT2D eigenvalue weighted by Gasteiger charge is -2.17. The summed E-state index contributed by atoms with van der Waals surface area (Å²) in [5, 5.41) is 14.2. The maximum atomic E-state index is 13.4. The Morgan fingerprint density at radius 2 is 1.70 bits per heavy atom. The molecule has 0 amide bonds. The van der Waals surface area contributed by atoms with Crippen LogP contribution >= 0.6 is 0 Å². The van der Waals surface area contributed by atoms with Gasteiger partial charge in [-0.3, -0.25) is 10.1 Å². The van der Waals surface area contributed by atoms with E-state index in [1.165, 1.54) is 18.2 Å². The third-order valence-electron chi connectivity index (χ3n) is 3.68. The molecular weight excluding hydrogens is 380 g/mol. The van der Waals surface area contributed by atoms with E-state index in [-0.39, 0.29) is 16.6 Å². The van der Waals surface area contributed by atoms with Gasteiger partial charge in [-0.15, -0.1) is 0 Å². The second kappa shape index (κ2) is 7.97. The van der Waals surface area contributed by atoms with Gasteiger partial charge in [0.15, 0.2) is 11.6 Å². The molecule has 0 fully saturated rings. The van der Waals surface area contributed by atoms with Crippen LogP contribution in [0.3, 0.4) is 0 Å². The lowest BCUT2D eigenvalue weighted by Crippen LogP contribution is -2.30. The van der Waals surface area contributed by atoms with Crippen molar-refractivity contribution in [1.82, 2.24) is 4.72 Å². The van der Waals surface area contributed by atoms with E-state index in [4.69, 9.17) is 0 Å². The molecule has 27 heavy (non-hydrogen) atoms. The van der Waals surface area contributed by atoms with Crippen LogP contribution in [0.5, 0.6) is 0 Å². The molecule has 146 valence electrons. The topological polar surface area (TPSA) is 101 Å². The van der Waals surface area contributed by atoms with E-state index in [0.29, 0.717) is 5.56 Å². The summed E-state index contributed by atoms with van der Waals surface area (Å²) in [6.45, 7) is 4.87. The van der Waals surface area contributed by atoms with Gasteiger partial charge < -0.3 is 5.32 Å². The number of nitrogens with zero attached hydrogens (tertiary/aromatic N) is 1. The molecule has 0 aliphatic heterocycles. The van der Waals surface area contributed by atoms with Crippen LogP contribution in [0.4, 0.5) is 20.2 Å². The average molecular weight is 399 g/mol. The first-order valence-electron chi connectivity index (χ1n) is 8.03. The minimum Gasteiger partial charge on any atom is -0.373 e. The smallest absolute Gasteiger partial charge is 0.293 e. The second-order valence-electron chi connectivity index (χ2n) is 6.25. The maximum Gasteiger partial charge on any atom is 0.293 e. The largest absolute Gasteiger partial charge is 0.373 e. The number of nitrogens with one attached hydrogen (secondary N) is 2. The number of sulfonamides is 1. The molecule has 2 aromatic rings. The number of nitro benzene ring substituents is 1. The standard InChI is InChI=1S/C17H19F2N3O4S/c1-10(2)21-27(25,26)13-5-7-16(17(9-13)22(23)24)20-11(3)12-4-6-14(18)15(19)8-12/h4-11,20-21H,1-3H3/t11-/m1/s1. The van der Waals surface area contributed by atoms with Gasteiger partial charge in [0, 0.05) is 18.2 Å². The van der Waals surface area contributed by atoms with Gasteiger partial charge in [-0.25, -0.2) is 21.9 Å². The lowest BCUT2D eigenvalue weighted by atomic mass is 10.1. The number of anilines is 1. The number of hydrogen-bond acceptors (Lipinski definition) is 5. The summed E-state index contributed by atoms with van der Waals surface area (Å²) in [6, 6.07) is 5.80. The highest BCUT2D eigenvalue weighted by molar-refractivity contribution is 7.89. The summed E-state index contributed by atoms with van der Waals surface area (Å²) in [7, 11) is -3.90. The Labute approximate surface area is 155 Å². The van der Waals surface area contributed by atoms with Crippen molar-refractivity contribution >= 4 is 21.4 Å². The fourth-order valence-corrected chi connectivity index (χ4v) is 3.70. The monoisotopic (exact) mass is 399 g/mol. The first-order chi connectivity index (χ1) is 12.5. The quantitative estimate of drug-likeness (QED) is 0.546. The average Bonchev–Trinajstić information content (AvgIpc) is 2.56. The molecule has 1 atom stereocenters. The number of rotatable bonds is 7. The van der Waals surface area contributed by atoms with E-state index >= 15 is 0 Å². The minimum absolute atomic E-state index is 0.0562. The van der Waals surface area contributed by atoms with Crippen LogP contribution < -0.4 is 10.0 Å². The summed E-state index contributed by atoms with van der Waals surface area (Å²) >= 11 is 0. The van der Waals surface area contributed by atoms with Crippen molar-refractivity contribution in [3.63, 3.8) is 0 Å². The molecule has 0 saturated heterocycles. The van der Waals surface area contributed by atoms with Gasteiger partial charge in [0.2, 0.25) is 10.0 Å². The molecule has 0 bridgehead atoms. The van der Waals surface area contributed by atoms with Crippen LogP contribution in [-0.4, -0.2) is 19.4 Å². The summed E-state index contributed by atoms with van der Waals surface area (Å²) in [6.07, 6.45) is 0. The number of benzene rings is 2. The van der Waals surface area contributed by atoms with Gasteiger partial charge in [-0.2, -0.15) is 0 Å². The van der Waals surface area contributed by atoms with Crippen LogP contribution in [0.25, 0.3) is 0 Å². The van der Waals surface area contributed by atoms with E-state index in [0.717, 1.165) is 18.2 Å². The van der Waals surface area contributed by atoms with Crippen LogP contribution in [0, 0.1) is 21.7 Å². The zero-order chi connectivity index (χ0) is 20.4. The Balaban J connectivity index is 2.36. The van der Waals surface area contributed by atoms with Crippen LogP contribution in [0.2, 0.25) is 0 Å². The van der Waals surface area contributed by atoms with Gasteiger partial charge >= 0.3 is 0 Å². The predicted molar refractivity (Wildman–Crippen MR) is 96.9 cm³/mol. The highest BCUT2D eigenvalue weighted by atomic mass is 32.2. The van der Waals surface area contributed by atoms with E-state index in [1.54, 1.807) is 20.8 Å². The second-order valence-corrected chi connectivity index (χ2v) is 7.97. The summed E-state index contributed by atoms with van der Waals surface area (Å²) < 4.78 is 53.2. The normalized spacial score (nSPS) is 12.8. The van der Waals surface area contributed by atoms with Crippen molar-refractivity contribution in [2.45, 2.75) is 37.8 Å². The van der Waals surface area contributed by atoms with E-state index in [2.05, 4.69) is 10.0 Å². The van der Waals surface area contributed by atoms with E-state index in [1.807, 2.05) is 0 Å². The van der Waals surface area contributed by atoms with Crippen molar-refractivity contribution in [3.05, 3.63) is 63.7 Å². The molecule has 0 aliphatic carbocycles. The highest BCUT2D eigenvalue weighted by Gasteiger charge is 2.23. The van der Waals surface area contributed by atoms with Gasteiger partial charge in [0.1, 0.15) is 5.69 Å². The molecule has 0 radical (unpaired) electrons. The van der Waals surface area contributed by atoms with Gasteiger partial charge in [-0.1, -0.05) is 6.07 Å². The molecule has 0 spiro atoms. The van der Waals surface area contributed by atoms with Crippen LogP contribution in [0.1, 0.15) is 32.4 Å². The van der Waals surface area contributed by atoms with Crippen LogP contribution in [0.15, 0.2) is 41.3 Å². The fraction of sp³-hybridized carbons (Fsp3) is 0.294. The fourth-order valence-electron chi connectivity index (χ4n) is 2.43. The van der Waals surface area contributed by atoms with Crippen molar-refractivity contribution in [3.8, 4) is 0 Å². The van der Waals surface area contributed by atoms with E-state index < -0.39 is 38.3 Å². The zero-order valence-electron chi connectivity index (χ0n) is 14.9. The Kier molecular flexibility index (Phi) is 6.11. The maximum absolute atomic E-state index is 13.4. The molecule has 10 heteroatoms. The molecule has 0 heterocycles. The lowest BCUT2D eigenvalue weighted by molar-refractivity contribution is -0.384. The predicted octanol–water partition coefficient (Wildman–Crippen LogP) is 3.73. The highest BCUT2D eigenvalue weighted by Crippen LogP contribution is 2.31. The Hall–Kier alpha value is -2.59. The molecule has 0 aromatic heterocycles. The van der Waals surface area contributed by atoms with E-state index in [9.17, 15) is 27.3 Å². The molecule has 0 saturated carbocycles. The minimum atomic E-state index is -3.90. The molecule has 0 unspecified atom stereocenters. The Bertz CT molecular complexity index is 965. The molecule has 2 N–H and O–H groups in total. The molecule has 0 aliphatic rings. The Morgan fingerprint density at radius 1 is 1.04 bits per heavy atom. The summed E-state index contributed by atoms with van der Waals surface area (Å²) in [5.41, 5.74) is -0.0156. The molecule has 2 rings (SSSR count). The van der Waals surface area contributed by atoms with Gasteiger partial charge in [0.25, 0.3) is 5.69 Å². The first-order valence-corrected chi connectivity index (χ1v) is 9.52. The third kappa shape index (κ3) is 4.98. The van der Waals surface area contributed by atoms with Gasteiger partial charge in [-0.05, 0) is 50.6 Å².